The van der Waals surface area contributed by atoms with E-state index in [1.54, 1.807) is 54.8 Å². The van der Waals surface area contributed by atoms with Crippen LogP contribution in [0.5, 0.6) is 0 Å². The highest BCUT2D eigenvalue weighted by Gasteiger charge is 2.39. The molecule has 0 spiro atoms. The molecule has 2 aliphatic rings. The number of halogens is 3. The van der Waals surface area contributed by atoms with Gasteiger partial charge >= 0.3 is 12.3 Å². The van der Waals surface area contributed by atoms with Gasteiger partial charge in [0, 0.05) is 38.8 Å². The Kier molecular flexibility index (Phi) is 13.5. The molecule has 2 aliphatic heterocycles. The van der Waals surface area contributed by atoms with Crippen molar-refractivity contribution < 1.29 is 45.3 Å². The summed E-state index contributed by atoms with van der Waals surface area (Å²) in [6.45, 7) is 6.24. The molecule has 19 heteroatoms. The maximum atomic E-state index is 14.0. The lowest BCUT2D eigenvalue weighted by Gasteiger charge is -2.34. The lowest BCUT2D eigenvalue weighted by atomic mass is 9.93. The van der Waals surface area contributed by atoms with Crippen molar-refractivity contribution in [2.24, 2.45) is 5.92 Å². The summed E-state index contributed by atoms with van der Waals surface area (Å²) < 4.78 is 79.4. The number of piperidine rings is 1. The van der Waals surface area contributed by atoms with Gasteiger partial charge in [0.25, 0.3) is 10.1 Å². The first kappa shape index (κ1) is 41.1. The van der Waals surface area contributed by atoms with Gasteiger partial charge in [-0.3, -0.25) is 14.1 Å². The molecule has 4 N–H and O–H groups in total. The average Bonchev–Trinajstić information content (AvgIpc) is 3.57. The molecule has 1 aromatic carbocycles. The first-order chi connectivity index (χ1) is 24.8. The molecule has 53 heavy (non-hydrogen) atoms. The number of benzene rings is 1. The number of carbonyl (C=O) groups is 3. The van der Waals surface area contributed by atoms with Crippen molar-refractivity contribution >= 4 is 39.7 Å². The van der Waals surface area contributed by atoms with Crippen molar-refractivity contribution in [3.05, 3.63) is 47.3 Å². The summed E-state index contributed by atoms with van der Waals surface area (Å²) >= 11 is 0. The van der Waals surface area contributed by atoms with Crippen LogP contribution in [0.2, 0.25) is 0 Å². The van der Waals surface area contributed by atoms with Gasteiger partial charge in [0.05, 0.1) is 11.6 Å². The van der Waals surface area contributed by atoms with Crippen LogP contribution in [0.4, 0.5) is 29.6 Å². The van der Waals surface area contributed by atoms with Crippen LogP contribution in [0.15, 0.2) is 30.3 Å². The van der Waals surface area contributed by atoms with Gasteiger partial charge in [0.15, 0.2) is 0 Å². The van der Waals surface area contributed by atoms with E-state index in [0.717, 1.165) is 5.56 Å². The number of alkyl halides is 3. The number of rotatable bonds is 13. The van der Waals surface area contributed by atoms with E-state index >= 15 is 0 Å². The van der Waals surface area contributed by atoms with E-state index in [1.807, 2.05) is 6.07 Å². The minimum Gasteiger partial charge on any atom is -0.444 e. The fourth-order valence-corrected chi connectivity index (χ4v) is 6.84. The molecule has 0 radical (unpaired) electrons. The van der Waals surface area contributed by atoms with Gasteiger partial charge < -0.3 is 30.5 Å². The smallest absolute Gasteiger partial charge is 0.444 e. The van der Waals surface area contributed by atoms with Crippen LogP contribution < -0.4 is 25.8 Å². The van der Waals surface area contributed by atoms with Crippen LogP contribution in [0.25, 0.3) is 0 Å². The number of anilines is 2. The molecule has 0 bridgehead atoms. The maximum Gasteiger partial charge on any atom is 0.451 e. The number of ether oxygens (including phenoxy) is 1. The minimum atomic E-state index is -4.83. The zero-order chi connectivity index (χ0) is 39.0. The normalized spacial score (nSPS) is 17.5. The van der Waals surface area contributed by atoms with E-state index in [2.05, 4.69) is 25.9 Å². The number of nitrogens with one attached hydrogen (secondary N) is 3. The fraction of sp³-hybridized carbons (Fsp3) is 0.588. The van der Waals surface area contributed by atoms with E-state index in [4.69, 9.17) is 10.00 Å². The first-order valence-electron chi connectivity index (χ1n) is 17.3. The summed E-state index contributed by atoms with van der Waals surface area (Å²) in [6, 6.07) is 8.18. The summed E-state index contributed by atoms with van der Waals surface area (Å²) in [5.41, 5.74) is 0.534. The Morgan fingerprint density at radius 1 is 1.02 bits per heavy atom. The lowest BCUT2D eigenvalue weighted by molar-refractivity contribution is -0.144. The Labute approximate surface area is 306 Å². The second-order valence-electron chi connectivity index (χ2n) is 14.1. The number of alkyl carbamates (subject to hydrolysis) is 1. The summed E-state index contributed by atoms with van der Waals surface area (Å²) in [6.07, 6.45) is -2.75. The molecule has 15 nitrogen and oxygen atoms in total. The zero-order valence-electron chi connectivity index (χ0n) is 29.8. The van der Waals surface area contributed by atoms with Gasteiger partial charge in [-0.2, -0.15) is 26.9 Å². The van der Waals surface area contributed by atoms with Crippen molar-refractivity contribution in [1.82, 2.24) is 25.9 Å². The quantitative estimate of drug-likeness (QED) is 0.217. The van der Waals surface area contributed by atoms with Crippen molar-refractivity contribution in [2.45, 2.75) is 83.2 Å². The number of nitriles is 1. The standard InChI is InChI=1S/C34H45F3N8O7S/c1-33(2,3)52-32(48)41-25(21-53(49,50)51)29(46)39-14-11-23-12-17-44(18-13-23)27-19-28(43-31(42-27)34(35,36)37)45-16-4-5-26(45)30(47)40-15-10-22-6-8-24(20-38)9-7-22/h6-9,19,23,25-26H,4-5,10-18,21H2,1-3H3,(H,39,46)(H,40,47)(H,41,48)(H,49,50,51). The predicted molar refractivity (Wildman–Crippen MR) is 187 cm³/mol. The number of nitrogens with zero attached hydrogens (tertiary/aromatic N) is 5. The molecular weight excluding hydrogens is 721 g/mol. The molecule has 2 fully saturated rings. The largest absolute Gasteiger partial charge is 0.451 e. The molecule has 2 unspecified atom stereocenters. The molecule has 3 amide bonds. The Morgan fingerprint density at radius 3 is 2.28 bits per heavy atom. The topological polar surface area (TPSA) is 207 Å². The van der Waals surface area contributed by atoms with Crippen LogP contribution in [0.1, 0.15) is 69.8 Å². The molecule has 3 heterocycles. The third-order valence-electron chi connectivity index (χ3n) is 8.77. The number of aromatic nitrogens is 2. The van der Waals surface area contributed by atoms with Gasteiger partial charge in [-0.15, -0.1) is 0 Å². The Bertz CT molecular complexity index is 1760. The molecule has 4 rings (SSSR count). The number of hydrogen-bond acceptors (Lipinski definition) is 11. The highest BCUT2D eigenvalue weighted by Crippen LogP contribution is 2.34. The molecule has 1 aromatic heterocycles. The van der Waals surface area contributed by atoms with Crippen molar-refractivity contribution in [1.29, 1.82) is 5.26 Å². The Hall–Kier alpha value is -4.70. The summed E-state index contributed by atoms with van der Waals surface area (Å²) in [7, 11) is -4.63. The van der Waals surface area contributed by atoms with Crippen LogP contribution >= 0.6 is 0 Å². The van der Waals surface area contributed by atoms with Crippen LogP contribution in [0.3, 0.4) is 0 Å². The van der Waals surface area contributed by atoms with Crippen molar-refractivity contribution in [2.75, 3.05) is 48.3 Å². The summed E-state index contributed by atoms with van der Waals surface area (Å²) in [5, 5.41) is 16.6. The molecule has 2 aromatic rings. The Balaban J connectivity index is 1.34. The molecule has 290 valence electrons. The number of carbonyl (C=O) groups excluding carboxylic acids is 3. The van der Waals surface area contributed by atoms with Crippen LogP contribution in [-0.2, 0) is 37.0 Å². The van der Waals surface area contributed by atoms with E-state index in [1.165, 1.54) is 6.07 Å². The number of hydrogen-bond donors (Lipinski definition) is 4. The summed E-state index contributed by atoms with van der Waals surface area (Å²) in [4.78, 5) is 49.1. The molecular formula is C34H45F3N8O7S. The third-order valence-corrected chi connectivity index (χ3v) is 9.53. The summed E-state index contributed by atoms with van der Waals surface area (Å²) in [5.74, 6) is -3.36. The highest BCUT2D eigenvalue weighted by molar-refractivity contribution is 7.85. The van der Waals surface area contributed by atoms with E-state index in [-0.39, 0.29) is 30.0 Å². The molecule has 2 saturated heterocycles. The van der Waals surface area contributed by atoms with Crippen LogP contribution in [0, 0.1) is 17.2 Å². The zero-order valence-corrected chi connectivity index (χ0v) is 30.6. The van der Waals surface area contributed by atoms with Gasteiger partial charge in [0.1, 0.15) is 35.1 Å². The monoisotopic (exact) mass is 766 g/mol. The number of amides is 3. The predicted octanol–water partition coefficient (Wildman–Crippen LogP) is 3.20. The first-order valence-corrected chi connectivity index (χ1v) is 18.9. The third kappa shape index (κ3) is 12.7. The van der Waals surface area contributed by atoms with Crippen molar-refractivity contribution in [3.63, 3.8) is 0 Å². The van der Waals surface area contributed by atoms with Gasteiger partial charge in [-0.1, -0.05) is 12.1 Å². The molecule has 2 atom stereocenters. The average molecular weight is 767 g/mol. The second kappa shape index (κ2) is 17.4. The fourth-order valence-electron chi connectivity index (χ4n) is 6.18. The molecule has 0 aliphatic carbocycles. The maximum absolute atomic E-state index is 14.0. The minimum absolute atomic E-state index is 0.0105. The van der Waals surface area contributed by atoms with E-state index in [0.29, 0.717) is 70.3 Å². The lowest BCUT2D eigenvalue weighted by Crippen LogP contribution is -2.51. The van der Waals surface area contributed by atoms with Crippen LogP contribution in [-0.4, -0.2) is 97.0 Å². The second-order valence-corrected chi connectivity index (χ2v) is 15.6. The van der Waals surface area contributed by atoms with Gasteiger partial charge in [-0.05, 0) is 82.9 Å². The Morgan fingerprint density at radius 2 is 1.68 bits per heavy atom. The van der Waals surface area contributed by atoms with Crippen molar-refractivity contribution in [3.8, 4) is 6.07 Å². The van der Waals surface area contributed by atoms with E-state index < -0.39 is 57.6 Å². The molecule has 0 saturated carbocycles. The van der Waals surface area contributed by atoms with Gasteiger partial charge in [0.2, 0.25) is 17.6 Å². The highest BCUT2D eigenvalue weighted by atomic mass is 32.2. The van der Waals surface area contributed by atoms with E-state index in [9.17, 15) is 40.5 Å². The van der Waals surface area contributed by atoms with Gasteiger partial charge in [-0.25, -0.2) is 14.8 Å². The SMILES string of the molecule is CC(C)(C)OC(=O)NC(CS(=O)(=O)O)C(=O)NCCC1CCN(c2cc(N3CCCC3C(=O)NCCc3ccc(C#N)cc3)nc(C(F)(F)F)n2)CC1.